The minimum atomic E-state index is -0.930. The number of unbranched alkanes of at least 4 members (excludes halogenated alkanes) is 8. The Morgan fingerprint density at radius 2 is 1.39 bits per heavy atom. The third-order valence-corrected chi connectivity index (χ3v) is 6.78. The van der Waals surface area contributed by atoms with E-state index in [0.29, 0.717) is 5.56 Å². The molecule has 38 heavy (non-hydrogen) atoms. The molecule has 0 amide bonds. The van der Waals surface area contributed by atoms with Gasteiger partial charge in [-0.3, -0.25) is 4.89 Å². The number of halogens is 2. The summed E-state index contributed by atoms with van der Waals surface area (Å²) in [6, 6.07) is 17.2. The fourth-order valence-corrected chi connectivity index (χ4v) is 4.61. The molecule has 0 aliphatic rings. The van der Waals surface area contributed by atoms with E-state index in [1.807, 2.05) is 36.4 Å². The van der Waals surface area contributed by atoms with Gasteiger partial charge in [0.25, 0.3) is 0 Å². The summed E-state index contributed by atoms with van der Waals surface area (Å²) in [5.41, 5.74) is 1.98. The van der Waals surface area contributed by atoms with Crippen molar-refractivity contribution in [3.63, 3.8) is 0 Å². The third kappa shape index (κ3) is 8.49. The standard InChI is InChI=1S/C33H40F2O3/c1-3-5-7-9-12-16-25-19-20-28(30(34)24-25)31-27(26-17-13-11-14-18-26)21-22-29(32(31)35)33(36)38-37-23-15-10-8-6-4-2/h11,13-14,17-22,24H,3-10,12,15-16,23H2,1-2H3. The van der Waals surface area contributed by atoms with Crippen molar-refractivity contribution in [2.45, 2.75) is 84.5 Å². The van der Waals surface area contributed by atoms with Gasteiger partial charge in [0, 0.05) is 11.1 Å². The molecule has 0 saturated carbocycles. The van der Waals surface area contributed by atoms with E-state index in [4.69, 9.17) is 9.78 Å². The maximum Gasteiger partial charge on any atom is 0.376 e. The average molecular weight is 523 g/mol. The monoisotopic (exact) mass is 522 g/mol. The van der Waals surface area contributed by atoms with Crippen molar-refractivity contribution in [2.24, 2.45) is 0 Å². The van der Waals surface area contributed by atoms with E-state index in [0.717, 1.165) is 62.5 Å². The quantitative estimate of drug-likeness (QED) is 0.107. The van der Waals surface area contributed by atoms with Crippen molar-refractivity contribution in [1.29, 1.82) is 0 Å². The number of carbonyl (C=O) groups excluding carboxylic acids is 1. The summed E-state index contributed by atoms with van der Waals surface area (Å²) in [7, 11) is 0. The van der Waals surface area contributed by atoms with Gasteiger partial charge in [-0.1, -0.05) is 114 Å². The van der Waals surface area contributed by atoms with E-state index in [-0.39, 0.29) is 23.3 Å². The van der Waals surface area contributed by atoms with Crippen LogP contribution in [0, 0.1) is 11.6 Å². The lowest BCUT2D eigenvalue weighted by Gasteiger charge is -2.15. The Kier molecular flexibility index (Phi) is 12.4. The highest BCUT2D eigenvalue weighted by Gasteiger charge is 2.24. The van der Waals surface area contributed by atoms with Crippen LogP contribution in [0.25, 0.3) is 22.3 Å². The van der Waals surface area contributed by atoms with Crippen molar-refractivity contribution < 1.29 is 23.4 Å². The molecule has 0 aromatic heterocycles. The first-order chi connectivity index (χ1) is 18.6. The molecule has 5 heteroatoms. The van der Waals surface area contributed by atoms with Gasteiger partial charge in [0.15, 0.2) is 0 Å². The molecular weight excluding hydrogens is 482 g/mol. The smallest absolute Gasteiger partial charge is 0.293 e. The zero-order valence-electron chi connectivity index (χ0n) is 22.7. The highest BCUT2D eigenvalue weighted by molar-refractivity contribution is 5.95. The zero-order valence-corrected chi connectivity index (χ0v) is 22.7. The fraction of sp³-hybridized carbons (Fsp3) is 0.424. The summed E-state index contributed by atoms with van der Waals surface area (Å²) in [5, 5.41) is 0. The van der Waals surface area contributed by atoms with E-state index in [2.05, 4.69) is 13.8 Å². The molecule has 0 unspecified atom stereocenters. The summed E-state index contributed by atoms with van der Waals surface area (Å²) in [6.45, 7) is 4.56. The van der Waals surface area contributed by atoms with Gasteiger partial charge in [-0.15, -0.1) is 0 Å². The number of benzene rings is 3. The predicted octanol–water partition coefficient (Wildman–Crippen LogP) is 9.87. The summed E-state index contributed by atoms with van der Waals surface area (Å²) >= 11 is 0. The summed E-state index contributed by atoms with van der Waals surface area (Å²) in [5.74, 6) is -2.27. The minimum absolute atomic E-state index is 0.0391. The topological polar surface area (TPSA) is 35.5 Å². The Hall–Kier alpha value is -3.05. The molecular formula is C33H40F2O3. The van der Waals surface area contributed by atoms with Crippen LogP contribution in [0.15, 0.2) is 60.7 Å². The van der Waals surface area contributed by atoms with Crippen molar-refractivity contribution in [2.75, 3.05) is 6.61 Å². The van der Waals surface area contributed by atoms with Crippen molar-refractivity contribution in [3.8, 4) is 22.3 Å². The second-order valence-electron chi connectivity index (χ2n) is 9.80. The third-order valence-electron chi connectivity index (χ3n) is 6.78. The maximum absolute atomic E-state index is 15.9. The van der Waals surface area contributed by atoms with Crippen molar-refractivity contribution in [1.82, 2.24) is 0 Å². The van der Waals surface area contributed by atoms with Crippen LogP contribution in [-0.4, -0.2) is 12.6 Å². The number of hydrogen-bond acceptors (Lipinski definition) is 3. The van der Waals surface area contributed by atoms with Crippen LogP contribution in [-0.2, 0) is 16.2 Å². The maximum atomic E-state index is 15.9. The first-order valence-corrected chi connectivity index (χ1v) is 14.1. The Morgan fingerprint density at radius 1 is 0.737 bits per heavy atom. The Bertz CT molecular complexity index is 1140. The largest absolute Gasteiger partial charge is 0.376 e. The molecule has 3 nitrogen and oxygen atoms in total. The molecule has 0 N–H and O–H groups in total. The van der Waals surface area contributed by atoms with Crippen LogP contribution in [0.2, 0.25) is 0 Å². The normalized spacial score (nSPS) is 11.1. The molecule has 0 aliphatic carbocycles. The molecule has 0 spiro atoms. The fourth-order valence-electron chi connectivity index (χ4n) is 4.61. The lowest BCUT2D eigenvalue weighted by Crippen LogP contribution is -2.10. The van der Waals surface area contributed by atoms with E-state index in [1.165, 1.54) is 31.4 Å². The van der Waals surface area contributed by atoms with Crippen LogP contribution in [0.1, 0.15) is 94.0 Å². The van der Waals surface area contributed by atoms with Crippen molar-refractivity contribution in [3.05, 3.63) is 83.4 Å². The molecule has 0 aliphatic heterocycles. The van der Waals surface area contributed by atoms with Gasteiger partial charge in [0.1, 0.15) is 11.6 Å². The van der Waals surface area contributed by atoms with Gasteiger partial charge >= 0.3 is 5.97 Å². The van der Waals surface area contributed by atoms with Gasteiger partial charge in [-0.25, -0.2) is 13.6 Å². The van der Waals surface area contributed by atoms with E-state index in [1.54, 1.807) is 12.1 Å². The molecule has 0 radical (unpaired) electrons. The lowest BCUT2D eigenvalue weighted by molar-refractivity contribution is -0.241. The van der Waals surface area contributed by atoms with Crippen LogP contribution < -0.4 is 0 Å². The Morgan fingerprint density at radius 3 is 2.08 bits per heavy atom. The molecule has 0 atom stereocenters. The number of rotatable bonds is 16. The highest BCUT2D eigenvalue weighted by Crippen LogP contribution is 2.37. The van der Waals surface area contributed by atoms with E-state index >= 15 is 8.78 Å². The molecule has 3 aromatic carbocycles. The number of aryl methyl sites for hydroxylation is 1. The van der Waals surface area contributed by atoms with Crippen LogP contribution >= 0.6 is 0 Å². The van der Waals surface area contributed by atoms with Crippen LogP contribution in [0.4, 0.5) is 8.78 Å². The predicted molar refractivity (Wildman–Crippen MR) is 150 cm³/mol. The molecule has 3 rings (SSSR count). The molecule has 0 bridgehead atoms. The summed E-state index contributed by atoms with van der Waals surface area (Å²) in [4.78, 5) is 22.6. The molecule has 0 fully saturated rings. The number of carbonyl (C=O) groups is 1. The van der Waals surface area contributed by atoms with Gasteiger partial charge in [0.05, 0.1) is 12.2 Å². The molecule has 3 aromatic rings. The van der Waals surface area contributed by atoms with Gasteiger partial charge in [-0.05, 0) is 48.1 Å². The second kappa shape index (κ2) is 16.0. The van der Waals surface area contributed by atoms with E-state index < -0.39 is 17.6 Å². The van der Waals surface area contributed by atoms with Gasteiger partial charge < -0.3 is 0 Å². The Balaban J connectivity index is 1.83. The minimum Gasteiger partial charge on any atom is -0.293 e. The van der Waals surface area contributed by atoms with E-state index in [9.17, 15) is 4.79 Å². The molecule has 204 valence electrons. The number of hydrogen-bond donors (Lipinski definition) is 0. The first kappa shape index (κ1) is 29.5. The van der Waals surface area contributed by atoms with Crippen molar-refractivity contribution >= 4 is 5.97 Å². The van der Waals surface area contributed by atoms with Crippen LogP contribution in [0.3, 0.4) is 0 Å². The SMILES string of the molecule is CCCCCCCOOC(=O)c1ccc(-c2ccccc2)c(-c2ccc(CCCCCCC)cc2F)c1F. The summed E-state index contributed by atoms with van der Waals surface area (Å²) < 4.78 is 31.4. The summed E-state index contributed by atoms with van der Waals surface area (Å²) in [6.07, 6.45) is 11.5. The highest BCUT2D eigenvalue weighted by atomic mass is 19.1. The van der Waals surface area contributed by atoms with Gasteiger partial charge in [-0.2, -0.15) is 4.89 Å². The second-order valence-corrected chi connectivity index (χ2v) is 9.80. The van der Waals surface area contributed by atoms with Gasteiger partial charge in [0.2, 0.25) is 0 Å². The average Bonchev–Trinajstić information content (AvgIpc) is 2.93. The zero-order chi connectivity index (χ0) is 27.2. The molecule has 0 saturated heterocycles. The lowest BCUT2D eigenvalue weighted by atomic mass is 9.91. The first-order valence-electron chi connectivity index (χ1n) is 14.1. The Labute approximate surface area is 226 Å². The molecule has 0 heterocycles. The van der Waals surface area contributed by atoms with Crippen LogP contribution in [0.5, 0.6) is 0 Å².